The molecule has 0 bridgehead atoms. The summed E-state index contributed by atoms with van der Waals surface area (Å²) in [6.07, 6.45) is 0. The number of alkyl halides is 1. The number of hydrogen-bond acceptors (Lipinski definition) is 5. The third-order valence-electron chi connectivity index (χ3n) is 2.18. The Hall–Kier alpha value is -1.27. The largest absolute Gasteiger partial charge is 0.495 e. The number of halogens is 2. The molecule has 1 N–H and O–H groups in total. The summed E-state index contributed by atoms with van der Waals surface area (Å²) >= 11 is 9.22. The van der Waals surface area contributed by atoms with Crippen LogP contribution in [0.1, 0.15) is 18.2 Å². The van der Waals surface area contributed by atoms with Gasteiger partial charge in [0.15, 0.2) is 0 Å². The summed E-state index contributed by atoms with van der Waals surface area (Å²) in [5, 5.41) is 10.3. The molecular weight excluding hydrogens is 321 g/mol. The van der Waals surface area contributed by atoms with Crippen molar-refractivity contribution in [1.29, 1.82) is 0 Å². The first-order valence-electron chi connectivity index (χ1n) is 5.18. The molecular formula is C11H11BrClN3O2. The van der Waals surface area contributed by atoms with Gasteiger partial charge in [0.2, 0.25) is 5.89 Å². The standard InChI is InChI=1S/C11H11BrClN3O2/c1-6(13)10-15-16-11(18-10)14-7-3-4-8(12)9(5-7)17-2/h3-6H,1-2H3,(H,14,16). The van der Waals surface area contributed by atoms with Gasteiger partial charge in [-0.25, -0.2) is 0 Å². The van der Waals surface area contributed by atoms with Gasteiger partial charge < -0.3 is 14.5 Å². The van der Waals surface area contributed by atoms with E-state index in [9.17, 15) is 0 Å². The summed E-state index contributed by atoms with van der Waals surface area (Å²) in [4.78, 5) is 0. The van der Waals surface area contributed by atoms with Gasteiger partial charge in [-0.1, -0.05) is 5.10 Å². The predicted molar refractivity (Wildman–Crippen MR) is 72.5 cm³/mol. The maximum Gasteiger partial charge on any atom is 0.320 e. The summed E-state index contributed by atoms with van der Waals surface area (Å²) < 4.78 is 11.4. The molecule has 18 heavy (non-hydrogen) atoms. The number of ether oxygens (including phenoxy) is 1. The number of hydrogen-bond donors (Lipinski definition) is 1. The van der Waals surface area contributed by atoms with Gasteiger partial charge >= 0.3 is 6.01 Å². The highest BCUT2D eigenvalue weighted by atomic mass is 79.9. The fourth-order valence-corrected chi connectivity index (χ4v) is 1.80. The van der Waals surface area contributed by atoms with Crippen LogP contribution in [-0.4, -0.2) is 17.3 Å². The van der Waals surface area contributed by atoms with Crippen LogP contribution < -0.4 is 10.1 Å². The van der Waals surface area contributed by atoms with Crippen LogP contribution in [0.5, 0.6) is 5.75 Å². The van der Waals surface area contributed by atoms with Gasteiger partial charge in [-0.3, -0.25) is 0 Å². The SMILES string of the molecule is COc1cc(Nc2nnc(C(C)Cl)o2)ccc1Br. The average Bonchev–Trinajstić information content (AvgIpc) is 2.80. The lowest BCUT2D eigenvalue weighted by Crippen LogP contribution is -1.92. The molecule has 96 valence electrons. The molecule has 1 unspecified atom stereocenters. The van der Waals surface area contributed by atoms with Crippen molar-refractivity contribution in [2.45, 2.75) is 12.3 Å². The summed E-state index contributed by atoms with van der Waals surface area (Å²) in [6, 6.07) is 5.84. The Bertz CT molecular complexity index is 545. The lowest BCUT2D eigenvalue weighted by Gasteiger charge is -2.06. The van der Waals surface area contributed by atoms with Crippen LogP contribution in [0.25, 0.3) is 0 Å². The molecule has 1 aromatic heterocycles. The highest BCUT2D eigenvalue weighted by Gasteiger charge is 2.11. The Morgan fingerprint density at radius 1 is 1.44 bits per heavy atom. The van der Waals surface area contributed by atoms with Crippen LogP contribution in [0.2, 0.25) is 0 Å². The molecule has 1 heterocycles. The second-order valence-electron chi connectivity index (χ2n) is 3.54. The van der Waals surface area contributed by atoms with Crippen molar-refractivity contribution in [3.8, 4) is 5.75 Å². The van der Waals surface area contributed by atoms with E-state index in [4.69, 9.17) is 20.8 Å². The third-order valence-corrected chi connectivity index (χ3v) is 3.03. The molecule has 5 nitrogen and oxygen atoms in total. The van der Waals surface area contributed by atoms with Crippen LogP contribution >= 0.6 is 27.5 Å². The first-order chi connectivity index (χ1) is 8.60. The highest BCUT2D eigenvalue weighted by Crippen LogP contribution is 2.29. The summed E-state index contributed by atoms with van der Waals surface area (Å²) in [6.45, 7) is 1.77. The van der Waals surface area contributed by atoms with Gasteiger partial charge in [-0.05, 0) is 35.0 Å². The molecule has 0 fully saturated rings. The zero-order valence-electron chi connectivity index (χ0n) is 9.78. The Labute approximate surface area is 118 Å². The van der Waals surface area contributed by atoms with E-state index in [1.807, 2.05) is 18.2 Å². The Morgan fingerprint density at radius 2 is 2.22 bits per heavy atom. The van der Waals surface area contributed by atoms with Crippen molar-refractivity contribution >= 4 is 39.2 Å². The maximum absolute atomic E-state index is 5.84. The molecule has 0 saturated carbocycles. The molecule has 0 aliphatic rings. The lowest BCUT2D eigenvalue weighted by atomic mass is 10.3. The van der Waals surface area contributed by atoms with Gasteiger partial charge in [0, 0.05) is 11.8 Å². The van der Waals surface area contributed by atoms with Gasteiger partial charge in [0.1, 0.15) is 11.1 Å². The topological polar surface area (TPSA) is 60.2 Å². The first-order valence-corrected chi connectivity index (χ1v) is 6.41. The molecule has 2 aromatic rings. The summed E-state index contributed by atoms with van der Waals surface area (Å²) in [7, 11) is 1.60. The number of nitrogens with one attached hydrogen (secondary N) is 1. The molecule has 1 atom stereocenters. The third kappa shape index (κ3) is 2.94. The van der Waals surface area contributed by atoms with E-state index in [1.54, 1.807) is 14.0 Å². The van der Waals surface area contributed by atoms with Gasteiger partial charge in [-0.15, -0.1) is 16.7 Å². The van der Waals surface area contributed by atoms with E-state index < -0.39 is 0 Å². The van der Waals surface area contributed by atoms with Crippen LogP contribution in [0, 0.1) is 0 Å². The van der Waals surface area contributed by atoms with Crippen LogP contribution in [0.4, 0.5) is 11.7 Å². The minimum atomic E-state index is -0.312. The molecule has 0 radical (unpaired) electrons. The normalized spacial score (nSPS) is 12.2. The minimum absolute atomic E-state index is 0.293. The number of anilines is 2. The summed E-state index contributed by atoms with van der Waals surface area (Å²) in [5.41, 5.74) is 0.785. The number of nitrogens with zero attached hydrogens (tertiary/aromatic N) is 2. The van der Waals surface area contributed by atoms with Crippen LogP contribution in [0.15, 0.2) is 27.1 Å². The van der Waals surface area contributed by atoms with E-state index in [-0.39, 0.29) is 5.38 Å². The number of rotatable bonds is 4. The molecule has 2 rings (SSSR count). The molecule has 0 aliphatic heterocycles. The number of aromatic nitrogens is 2. The second kappa shape index (κ2) is 5.58. The zero-order valence-corrected chi connectivity index (χ0v) is 12.1. The van der Waals surface area contributed by atoms with Crippen molar-refractivity contribution in [2.24, 2.45) is 0 Å². The summed E-state index contributed by atoms with van der Waals surface area (Å²) in [5.74, 6) is 1.09. The van der Waals surface area contributed by atoms with Gasteiger partial charge in [0.05, 0.1) is 11.6 Å². The van der Waals surface area contributed by atoms with E-state index in [0.29, 0.717) is 17.7 Å². The highest BCUT2D eigenvalue weighted by molar-refractivity contribution is 9.10. The van der Waals surface area contributed by atoms with Crippen molar-refractivity contribution in [2.75, 3.05) is 12.4 Å². The monoisotopic (exact) mass is 331 g/mol. The Morgan fingerprint density at radius 3 is 2.83 bits per heavy atom. The molecule has 0 amide bonds. The quantitative estimate of drug-likeness (QED) is 0.861. The Balaban J connectivity index is 2.17. The van der Waals surface area contributed by atoms with Gasteiger partial charge in [0.25, 0.3) is 0 Å². The molecule has 0 spiro atoms. The van der Waals surface area contributed by atoms with E-state index >= 15 is 0 Å². The smallest absolute Gasteiger partial charge is 0.320 e. The molecule has 7 heteroatoms. The second-order valence-corrected chi connectivity index (χ2v) is 5.04. The fraction of sp³-hybridized carbons (Fsp3) is 0.273. The Kier molecular flexibility index (Phi) is 4.08. The van der Waals surface area contributed by atoms with Crippen molar-refractivity contribution in [3.05, 3.63) is 28.6 Å². The van der Waals surface area contributed by atoms with Crippen molar-refractivity contribution in [3.63, 3.8) is 0 Å². The molecule has 0 saturated heterocycles. The zero-order chi connectivity index (χ0) is 13.1. The molecule has 0 aliphatic carbocycles. The number of methoxy groups -OCH3 is 1. The van der Waals surface area contributed by atoms with E-state index in [2.05, 4.69) is 31.4 Å². The van der Waals surface area contributed by atoms with E-state index in [0.717, 1.165) is 10.2 Å². The van der Waals surface area contributed by atoms with Crippen LogP contribution in [-0.2, 0) is 0 Å². The van der Waals surface area contributed by atoms with Gasteiger partial charge in [-0.2, -0.15) is 0 Å². The molecule has 1 aromatic carbocycles. The number of benzene rings is 1. The lowest BCUT2D eigenvalue weighted by molar-refractivity contribution is 0.412. The van der Waals surface area contributed by atoms with Crippen molar-refractivity contribution in [1.82, 2.24) is 10.2 Å². The van der Waals surface area contributed by atoms with Crippen LogP contribution in [0.3, 0.4) is 0 Å². The van der Waals surface area contributed by atoms with E-state index in [1.165, 1.54) is 0 Å². The predicted octanol–water partition coefficient (Wildman–Crippen LogP) is 3.88. The first kappa shape index (κ1) is 13.2. The average molecular weight is 333 g/mol. The maximum atomic E-state index is 5.84. The minimum Gasteiger partial charge on any atom is -0.495 e. The fourth-order valence-electron chi connectivity index (χ4n) is 1.31. The van der Waals surface area contributed by atoms with Crippen molar-refractivity contribution < 1.29 is 9.15 Å².